The van der Waals surface area contributed by atoms with Crippen LogP contribution in [0.4, 0.5) is 26.2 Å². The summed E-state index contributed by atoms with van der Waals surface area (Å²) >= 11 is 0. The number of anilines is 3. The van der Waals surface area contributed by atoms with Gasteiger partial charge in [-0.1, -0.05) is 11.8 Å². The SMILES string of the molecule is Cn1nnn(-c2cc(Nc3ncc(F)c(N[C@@H]4C[C@@H]5CCCN5C(C)(C)C4)n3)c(F)cc2C#CCO)c1=O. The van der Waals surface area contributed by atoms with E-state index in [9.17, 15) is 9.18 Å². The van der Waals surface area contributed by atoms with Crippen LogP contribution in [-0.4, -0.2) is 70.5 Å². The second kappa shape index (κ2) is 10.1. The molecule has 0 spiro atoms. The Bertz CT molecular complexity index is 1470. The summed E-state index contributed by atoms with van der Waals surface area (Å²) in [5.74, 6) is 3.73. The molecule has 2 aliphatic heterocycles. The zero-order valence-electron chi connectivity index (χ0n) is 21.4. The van der Waals surface area contributed by atoms with E-state index in [4.69, 9.17) is 5.11 Å². The van der Waals surface area contributed by atoms with E-state index in [1.807, 2.05) is 0 Å². The Morgan fingerprint density at radius 2 is 2.05 bits per heavy atom. The minimum atomic E-state index is -0.717. The van der Waals surface area contributed by atoms with Gasteiger partial charge in [0.15, 0.2) is 11.6 Å². The van der Waals surface area contributed by atoms with Gasteiger partial charge < -0.3 is 15.7 Å². The molecule has 11 nitrogen and oxygen atoms in total. The van der Waals surface area contributed by atoms with Crippen LogP contribution in [0.2, 0.25) is 0 Å². The summed E-state index contributed by atoms with van der Waals surface area (Å²) in [5, 5.41) is 22.6. The standard InChI is InChI=1S/C25H29F2N9O2/c1-25(2)13-16(11-17-7-4-8-35(17)25)29-22-19(27)14-28-23(31-22)30-20-12-21(36-24(38)34(3)32-33-36)15(6-5-9-37)10-18(20)26/h10,12,14,16-17,37H,4,7-9,11,13H2,1-3H3,(H2,28,29,30,31)/t16-,17+/m1/s1. The van der Waals surface area contributed by atoms with E-state index >= 15 is 4.39 Å². The number of rotatable bonds is 5. The predicted molar refractivity (Wildman–Crippen MR) is 136 cm³/mol. The summed E-state index contributed by atoms with van der Waals surface area (Å²) in [6, 6.07) is 2.88. The van der Waals surface area contributed by atoms with Crippen LogP contribution in [0.15, 0.2) is 23.1 Å². The molecule has 0 amide bonds. The number of aliphatic hydroxyl groups excluding tert-OH is 1. The van der Waals surface area contributed by atoms with Gasteiger partial charge in [-0.2, -0.15) is 14.3 Å². The molecule has 2 atom stereocenters. The molecule has 2 aliphatic rings. The summed E-state index contributed by atoms with van der Waals surface area (Å²) < 4.78 is 31.7. The third-order valence-corrected chi connectivity index (χ3v) is 7.13. The predicted octanol–water partition coefficient (Wildman–Crippen LogP) is 1.94. The number of aliphatic hydroxyl groups is 1. The minimum Gasteiger partial charge on any atom is -0.384 e. The summed E-state index contributed by atoms with van der Waals surface area (Å²) in [5.41, 5.74) is -0.410. The monoisotopic (exact) mass is 525 g/mol. The van der Waals surface area contributed by atoms with Crippen LogP contribution in [0.3, 0.4) is 0 Å². The maximum absolute atomic E-state index is 15.1. The normalized spacial score (nSPS) is 20.5. The number of aryl methyl sites for hydroxylation is 1. The number of hydrogen-bond donors (Lipinski definition) is 3. The number of nitrogens with zero attached hydrogens (tertiary/aromatic N) is 7. The zero-order chi connectivity index (χ0) is 27.0. The second-order valence-electron chi connectivity index (χ2n) is 10.2. The van der Waals surface area contributed by atoms with Gasteiger partial charge in [-0.15, -0.1) is 0 Å². The first-order valence-electron chi connectivity index (χ1n) is 12.4. The summed E-state index contributed by atoms with van der Waals surface area (Å²) in [4.78, 5) is 23.2. The Labute approximate surface area is 217 Å². The van der Waals surface area contributed by atoms with Crippen molar-refractivity contribution in [1.29, 1.82) is 0 Å². The number of hydrogen-bond acceptors (Lipinski definition) is 9. The first kappa shape index (κ1) is 25.7. The van der Waals surface area contributed by atoms with Crippen molar-refractivity contribution in [3.05, 3.63) is 46.0 Å². The van der Waals surface area contributed by atoms with E-state index in [-0.39, 0.29) is 40.3 Å². The smallest absolute Gasteiger partial charge is 0.368 e. The highest BCUT2D eigenvalue weighted by Crippen LogP contribution is 2.38. The lowest BCUT2D eigenvalue weighted by Crippen LogP contribution is -2.55. The highest BCUT2D eigenvalue weighted by Gasteiger charge is 2.43. The van der Waals surface area contributed by atoms with Crippen molar-refractivity contribution in [3.8, 4) is 17.5 Å². The van der Waals surface area contributed by atoms with Crippen molar-refractivity contribution in [1.82, 2.24) is 34.7 Å². The van der Waals surface area contributed by atoms with E-state index in [2.05, 4.69) is 61.6 Å². The molecule has 0 unspecified atom stereocenters. The second-order valence-corrected chi connectivity index (χ2v) is 10.2. The van der Waals surface area contributed by atoms with Gasteiger partial charge in [0.2, 0.25) is 5.95 Å². The number of fused-ring (bicyclic) bond motifs is 1. The molecule has 200 valence electrons. The molecule has 13 heteroatoms. The van der Waals surface area contributed by atoms with Crippen molar-refractivity contribution in [2.75, 3.05) is 23.8 Å². The Morgan fingerprint density at radius 3 is 2.79 bits per heavy atom. The molecule has 0 aliphatic carbocycles. The lowest BCUT2D eigenvalue weighted by atomic mass is 9.84. The Balaban J connectivity index is 1.43. The van der Waals surface area contributed by atoms with Crippen molar-refractivity contribution < 1.29 is 13.9 Å². The maximum atomic E-state index is 15.1. The quantitative estimate of drug-likeness (QED) is 0.429. The Kier molecular flexibility index (Phi) is 6.85. The van der Waals surface area contributed by atoms with Gasteiger partial charge in [0.05, 0.1) is 23.1 Å². The molecule has 3 N–H and O–H groups in total. The average molecular weight is 526 g/mol. The van der Waals surface area contributed by atoms with E-state index in [0.29, 0.717) is 6.04 Å². The number of benzene rings is 1. The van der Waals surface area contributed by atoms with Crippen molar-refractivity contribution in [2.24, 2.45) is 7.05 Å². The minimum absolute atomic E-state index is 0.0136. The fraction of sp³-hybridized carbons (Fsp3) is 0.480. The van der Waals surface area contributed by atoms with Crippen LogP contribution in [0.1, 0.15) is 45.1 Å². The van der Waals surface area contributed by atoms with Crippen LogP contribution < -0.4 is 16.3 Å². The Hall–Kier alpha value is -3.89. The molecule has 2 aromatic heterocycles. The molecule has 4 heterocycles. The number of piperidine rings is 1. The van der Waals surface area contributed by atoms with E-state index < -0.39 is 23.9 Å². The molecule has 0 saturated carbocycles. The highest BCUT2D eigenvalue weighted by atomic mass is 19.1. The molecular formula is C25H29F2N9O2. The molecule has 1 aromatic carbocycles. The van der Waals surface area contributed by atoms with E-state index in [1.54, 1.807) is 0 Å². The van der Waals surface area contributed by atoms with Crippen LogP contribution >= 0.6 is 0 Å². The molecule has 5 rings (SSSR count). The third-order valence-electron chi connectivity index (χ3n) is 7.13. The molecule has 38 heavy (non-hydrogen) atoms. The number of tetrazole rings is 1. The largest absolute Gasteiger partial charge is 0.384 e. The topological polar surface area (TPSA) is 126 Å². The first-order chi connectivity index (χ1) is 18.2. The summed E-state index contributed by atoms with van der Waals surface area (Å²) in [6.45, 7) is 5.05. The van der Waals surface area contributed by atoms with E-state index in [1.165, 1.54) is 13.1 Å². The van der Waals surface area contributed by atoms with Gasteiger partial charge >= 0.3 is 5.69 Å². The van der Waals surface area contributed by atoms with Gasteiger partial charge in [0.25, 0.3) is 0 Å². The van der Waals surface area contributed by atoms with Gasteiger partial charge in [0, 0.05) is 24.7 Å². The number of aromatic nitrogens is 6. The van der Waals surface area contributed by atoms with Crippen LogP contribution in [-0.2, 0) is 7.05 Å². The van der Waals surface area contributed by atoms with Gasteiger partial charge in [-0.3, -0.25) is 4.90 Å². The van der Waals surface area contributed by atoms with Gasteiger partial charge in [0.1, 0.15) is 12.4 Å². The zero-order valence-corrected chi connectivity index (χ0v) is 21.4. The van der Waals surface area contributed by atoms with Gasteiger partial charge in [-0.25, -0.2) is 18.6 Å². The first-order valence-corrected chi connectivity index (χ1v) is 12.4. The van der Waals surface area contributed by atoms with Crippen molar-refractivity contribution in [3.63, 3.8) is 0 Å². The van der Waals surface area contributed by atoms with Gasteiger partial charge in [-0.05, 0) is 68.6 Å². The average Bonchev–Trinajstić information content (AvgIpc) is 3.48. The lowest BCUT2D eigenvalue weighted by Gasteiger charge is -2.47. The molecule has 3 aromatic rings. The third kappa shape index (κ3) is 4.97. The Morgan fingerprint density at radius 1 is 1.24 bits per heavy atom. The fourth-order valence-electron chi connectivity index (χ4n) is 5.49. The summed E-state index contributed by atoms with van der Waals surface area (Å²) in [6.07, 6.45) is 5.03. The van der Waals surface area contributed by atoms with Crippen molar-refractivity contribution in [2.45, 2.75) is 57.2 Å². The molecule has 2 fully saturated rings. The molecule has 2 saturated heterocycles. The molecule has 0 radical (unpaired) electrons. The van der Waals surface area contributed by atoms with Crippen LogP contribution in [0.5, 0.6) is 0 Å². The van der Waals surface area contributed by atoms with Crippen LogP contribution in [0, 0.1) is 23.5 Å². The fourth-order valence-corrected chi connectivity index (χ4v) is 5.49. The number of nitrogens with one attached hydrogen (secondary N) is 2. The highest BCUT2D eigenvalue weighted by molar-refractivity contribution is 5.64. The van der Waals surface area contributed by atoms with Crippen molar-refractivity contribution >= 4 is 17.5 Å². The summed E-state index contributed by atoms with van der Waals surface area (Å²) in [7, 11) is 1.42. The molecular weight excluding hydrogens is 496 g/mol. The van der Waals surface area contributed by atoms with Crippen LogP contribution in [0.25, 0.3) is 5.69 Å². The lowest BCUT2D eigenvalue weighted by molar-refractivity contribution is 0.0500. The molecule has 0 bridgehead atoms. The number of halogens is 2. The maximum Gasteiger partial charge on any atom is 0.368 e. The van der Waals surface area contributed by atoms with E-state index in [0.717, 1.165) is 53.9 Å².